The Kier molecular flexibility index (Phi) is 6.15. The minimum Gasteiger partial charge on any atom is -0.493 e. The van der Waals surface area contributed by atoms with E-state index in [0.29, 0.717) is 41.6 Å². The minimum absolute atomic E-state index is 0.155. The third-order valence-electron chi connectivity index (χ3n) is 6.37. The van der Waals surface area contributed by atoms with Gasteiger partial charge in [0.05, 0.1) is 31.0 Å². The number of amides is 1. The number of hydrogen-bond donors (Lipinski definition) is 0. The largest absolute Gasteiger partial charge is 0.493 e. The first kappa shape index (κ1) is 21.9. The number of nitrogens with zero attached hydrogens (tertiary/aromatic N) is 4. The van der Waals surface area contributed by atoms with Crippen LogP contribution in [0.1, 0.15) is 34.5 Å². The highest BCUT2D eigenvalue weighted by molar-refractivity contribution is 6.09. The molecule has 3 heterocycles. The van der Waals surface area contributed by atoms with E-state index in [1.54, 1.807) is 24.1 Å². The Labute approximate surface area is 199 Å². The maximum Gasteiger partial charge on any atom is 0.277 e. The predicted octanol–water partition coefficient (Wildman–Crippen LogP) is 4.26. The van der Waals surface area contributed by atoms with E-state index in [1.165, 1.54) is 12.8 Å². The van der Waals surface area contributed by atoms with Gasteiger partial charge in [0.25, 0.3) is 5.91 Å². The van der Waals surface area contributed by atoms with Gasteiger partial charge in [-0.25, -0.2) is 4.98 Å². The smallest absolute Gasteiger partial charge is 0.277 e. The van der Waals surface area contributed by atoms with Gasteiger partial charge in [-0.1, -0.05) is 18.2 Å². The Hall–Kier alpha value is -3.89. The summed E-state index contributed by atoms with van der Waals surface area (Å²) in [7, 11) is 1.61. The van der Waals surface area contributed by atoms with Crippen molar-refractivity contribution < 1.29 is 14.3 Å². The lowest BCUT2D eigenvalue weighted by Crippen LogP contribution is -2.25. The molecule has 7 nitrogen and oxygen atoms in total. The van der Waals surface area contributed by atoms with Gasteiger partial charge in [-0.2, -0.15) is 5.26 Å². The van der Waals surface area contributed by atoms with Gasteiger partial charge in [0, 0.05) is 29.4 Å². The Morgan fingerprint density at radius 2 is 1.91 bits per heavy atom. The Morgan fingerprint density at radius 3 is 2.71 bits per heavy atom. The van der Waals surface area contributed by atoms with Crippen LogP contribution < -0.4 is 14.4 Å². The molecule has 172 valence electrons. The van der Waals surface area contributed by atoms with Crippen LogP contribution in [0.25, 0.3) is 11.3 Å². The molecular formula is C27H26N4O3. The molecular weight excluding hydrogens is 428 g/mol. The highest BCUT2D eigenvalue weighted by Gasteiger charge is 2.31. The number of hydrogen-bond acceptors (Lipinski definition) is 6. The number of benzene rings is 2. The Morgan fingerprint density at radius 1 is 1.06 bits per heavy atom. The number of nitriles is 1. The van der Waals surface area contributed by atoms with E-state index in [1.807, 2.05) is 42.5 Å². The second-order valence-electron chi connectivity index (χ2n) is 8.52. The summed E-state index contributed by atoms with van der Waals surface area (Å²) in [6, 6.07) is 18.8. The summed E-state index contributed by atoms with van der Waals surface area (Å²) in [6.45, 7) is 4.21. The van der Waals surface area contributed by atoms with Gasteiger partial charge >= 0.3 is 0 Å². The summed E-state index contributed by atoms with van der Waals surface area (Å²) in [5.74, 6) is 1.12. The predicted molar refractivity (Wildman–Crippen MR) is 129 cm³/mol. The molecule has 0 unspecified atom stereocenters. The van der Waals surface area contributed by atoms with Gasteiger partial charge in [-0.15, -0.1) is 0 Å². The second-order valence-corrected chi connectivity index (χ2v) is 8.52. The van der Waals surface area contributed by atoms with E-state index >= 15 is 0 Å². The molecule has 0 radical (unpaired) electrons. The summed E-state index contributed by atoms with van der Waals surface area (Å²) in [6.07, 6.45) is 2.51. The van der Waals surface area contributed by atoms with E-state index in [0.717, 1.165) is 36.4 Å². The van der Waals surface area contributed by atoms with Crippen molar-refractivity contribution in [3.8, 4) is 28.8 Å². The summed E-state index contributed by atoms with van der Waals surface area (Å²) < 4.78 is 11.5. The van der Waals surface area contributed by atoms with Gasteiger partial charge < -0.3 is 14.4 Å². The molecule has 34 heavy (non-hydrogen) atoms. The fraction of sp³-hybridized carbons (Fsp3) is 0.296. The normalized spacial score (nSPS) is 15.3. The van der Waals surface area contributed by atoms with Crippen molar-refractivity contribution in [2.45, 2.75) is 19.4 Å². The van der Waals surface area contributed by atoms with Crippen LogP contribution in [-0.2, 0) is 6.54 Å². The number of aromatic nitrogens is 1. The van der Waals surface area contributed by atoms with Crippen LogP contribution in [0.2, 0.25) is 0 Å². The number of rotatable bonds is 7. The number of pyridine rings is 1. The standard InChI is InChI=1S/C27H26N4O3/c1-33-25-16-22(8-10-24(25)34-14-13-30-11-2-3-12-30)31-18-21-7-9-23(29-26(21)27(31)32)20-6-4-5-19(15-20)17-28/h4-10,15-16H,2-3,11-14,18H2,1H3. The number of carbonyl (C=O) groups excluding carboxylic acids is 1. The minimum atomic E-state index is -0.155. The van der Waals surface area contributed by atoms with Crippen molar-refractivity contribution in [1.82, 2.24) is 9.88 Å². The zero-order valence-corrected chi connectivity index (χ0v) is 19.2. The number of ether oxygens (including phenoxy) is 2. The lowest BCUT2D eigenvalue weighted by molar-refractivity contribution is 0.0992. The van der Waals surface area contributed by atoms with Crippen molar-refractivity contribution in [3.63, 3.8) is 0 Å². The zero-order chi connectivity index (χ0) is 23.5. The molecule has 2 aromatic carbocycles. The van der Waals surface area contributed by atoms with Crippen molar-refractivity contribution in [2.24, 2.45) is 0 Å². The first-order chi connectivity index (χ1) is 16.7. The summed E-state index contributed by atoms with van der Waals surface area (Å²) >= 11 is 0. The second kappa shape index (κ2) is 9.54. The van der Waals surface area contributed by atoms with E-state index < -0.39 is 0 Å². The van der Waals surface area contributed by atoms with E-state index in [9.17, 15) is 10.1 Å². The van der Waals surface area contributed by atoms with Gasteiger partial charge in [0.1, 0.15) is 12.3 Å². The van der Waals surface area contributed by atoms with E-state index in [-0.39, 0.29) is 5.91 Å². The maximum atomic E-state index is 13.2. The van der Waals surface area contributed by atoms with Gasteiger partial charge in [0.15, 0.2) is 11.5 Å². The number of fused-ring (bicyclic) bond motifs is 1. The molecule has 2 aliphatic heterocycles. The fourth-order valence-electron chi connectivity index (χ4n) is 4.52. The van der Waals surface area contributed by atoms with E-state index in [4.69, 9.17) is 9.47 Å². The van der Waals surface area contributed by atoms with Crippen LogP contribution in [0, 0.1) is 11.3 Å². The monoisotopic (exact) mass is 454 g/mol. The molecule has 0 bridgehead atoms. The van der Waals surface area contributed by atoms with Crippen molar-refractivity contribution >= 4 is 11.6 Å². The molecule has 0 spiro atoms. The van der Waals surface area contributed by atoms with Crippen LogP contribution in [0.15, 0.2) is 54.6 Å². The molecule has 1 aromatic heterocycles. The highest BCUT2D eigenvalue weighted by atomic mass is 16.5. The third kappa shape index (κ3) is 4.33. The molecule has 1 saturated heterocycles. The van der Waals surface area contributed by atoms with Crippen LogP contribution in [0.4, 0.5) is 5.69 Å². The number of methoxy groups -OCH3 is 1. The van der Waals surface area contributed by atoms with Gasteiger partial charge in [0.2, 0.25) is 0 Å². The SMILES string of the molecule is COc1cc(N2Cc3ccc(-c4cccc(C#N)c4)nc3C2=O)ccc1OCCN1CCCC1. The topological polar surface area (TPSA) is 78.7 Å². The van der Waals surface area contributed by atoms with Crippen LogP contribution in [-0.4, -0.2) is 49.1 Å². The Balaban J connectivity index is 1.33. The zero-order valence-electron chi connectivity index (χ0n) is 19.2. The first-order valence-corrected chi connectivity index (χ1v) is 11.5. The quantitative estimate of drug-likeness (QED) is 0.531. The fourth-order valence-corrected chi connectivity index (χ4v) is 4.52. The molecule has 0 atom stereocenters. The molecule has 7 heteroatoms. The summed E-state index contributed by atoms with van der Waals surface area (Å²) in [5.41, 5.74) is 4.08. The number of likely N-dealkylation sites (tertiary alicyclic amines) is 1. The molecule has 1 fully saturated rings. The number of carbonyl (C=O) groups is 1. The molecule has 5 rings (SSSR count). The van der Waals surface area contributed by atoms with Crippen molar-refractivity contribution in [2.75, 3.05) is 38.3 Å². The molecule has 0 aliphatic carbocycles. The third-order valence-corrected chi connectivity index (χ3v) is 6.37. The Bertz CT molecular complexity index is 1260. The molecule has 1 amide bonds. The van der Waals surface area contributed by atoms with E-state index in [2.05, 4.69) is 16.0 Å². The summed E-state index contributed by atoms with van der Waals surface area (Å²) in [4.78, 5) is 22.0. The van der Waals surface area contributed by atoms with Crippen molar-refractivity contribution in [3.05, 3.63) is 71.4 Å². The van der Waals surface area contributed by atoms with Crippen LogP contribution in [0.5, 0.6) is 11.5 Å². The molecule has 3 aromatic rings. The average Bonchev–Trinajstić information content (AvgIpc) is 3.52. The van der Waals surface area contributed by atoms with Crippen LogP contribution >= 0.6 is 0 Å². The average molecular weight is 455 g/mol. The van der Waals surface area contributed by atoms with Crippen LogP contribution in [0.3, 0.4) is 0 Å². The lowest BCUT2D eigenvalue weighted by atomic mass is 10.1. The summed E-state index contributed by atoms with van der Waals surface area (Å²) in [5, 5.41) is 9.17. The first-order valence-electron chi connectivity index (χ1n) is 11.5. The molecule has 2 aliphatic rings. The van der Waals surface area contributed by atoms with Gasteiger partial charge in [-0.3, -0.25) is 9.69 Å². The lowest BCUT2D eigenvalue weighted by Gasteiger charge is -2.19. The number of anilines is 1. The van der Waals surface area contributed by atoms with Crippen molar-refractivity contribution in [1.29, 1.82) is 5.26 Å². The maximum absolute atomic E-state index is 13.2. The van der Waals surface area contributed by atoms with Gasteiger partial charge in [-0.05, 0) is 56.3 Å². The molecule has 0 saturated carbocycles. The molecule has 0 N–H and O–H groups in total. The highest BCUT2D eigenvalue weighted by Crippen LogP contribution is 2.35.